The summed E-state index contributed by atoms with van der Waals surface area (Å²) in [5, 5.41) is 32.9. The van der Waals surface area contributed by atoms with Gasteiger partial charge in [-0.1, -0.05) is 322 Å². The molecule has 0 aliphatic rings. The Morgan fingerprint density at radius 3 is 0.877 bits per heavy atom. The fourth-order valence-corrected chi connectivity index (χ4v) is 20.4. The van der Waals surface area contributed by atoms with Gasteiger partial charge < -0.3 is 0 Å². The molecule has 0 aliphatic carbocycles. The highest BCUT2D eigenvalue weighted by molar-refractivity contribution is 6.18. The van der Waals surface area contributed by atoms with Gasteiger partial charge in [0.1, 0.15) is 6.33 Å². The Bertz CT molecular complexity index is 8850. The molecule has 0 unspecified atom stereocenters. The van der Waals surface area contributed by atoms with E-state index in [1.165, 1.54) is 129 Å². The van der Waals surface area contributed by atoms with Gasteiger partial charge in [0.25, 0.3) is 0 Å². The van der Waals surface area contributed by atoms with Gasteiger partial charge in [-0.3, -0.25) is 9.97 Å². The van der Waals surface area contributed by atoms with E-state index in [0.29, 0.717) is 17.5 Å². The first kappa shape index (κ1) is 80.2. The largest absolute Gasteiger partial charge is 0.264 e. The minimum atomic E-state index is 0.683. The van der Waals surface area contributed by atoms with Gasteiger partial charge in [0.15, 0.2) is 17.5 Å². The molecule has 0 bridgehead atoms. The summed E-state index contributed by atoms with van der Waals surface area (Å²) in [6.45, 7) is 0. The summed E-state index contributed by atoms with van der Waals surface area (Å²) in [4.78, 5) is 49.3. The van der Waals surface area contributed by atoms with Gasteiger partial charge in [-0.05, 0) is 267 Å². The molecule has 0 spiro atoms. The van der Waals surface area contributed by atoms with E-state index in [9.17, 15) is 0 Å². The highest BCUT2D eigenvalue weighted by atomic mass is 14.9. The predicted octanol–water partition coefficient (Wildman–Crippen LogP) is 33.0. The minimum absolute atomic E-state index is 0.683. The number of fused-ring (bicyclic) bond motifs is 15. The molecule has 6 heterocycles. The van der Waals surface area contributed by atoms with Gasteiger partial charge in [-0.25, -0.2) is 39.9 Å². The molecule has 0 amide bonds. The molecule has 22 aromatic carbocycles. The average Bonchev–Trinajstić information content (AvgIpc) is 0.742. The van der Waals surface area contributed by atoms with Gasteiger partial charge >= 0.3 is 0 Å². The second-order valence-electron chi connectivity index (χ2n) is 35.4. The Balaban J connectivity index is 0.000000107. The van der Waals surface area contributed by atoms with E-state index < -0.39 is 0 Å². The number of hydrogen-bond donors (Lipinski definition) is 0. The monoisotopic (exact) mass is 1750 g/mol. The Morgan fingerprint density at radius 2 is 0.449 bits per heavy atom. The number of rotatable bonds is 10. The van der Waals surface area contributed by atoms with Crippen LogP contribution in [-0.4, -0.2) is 49.8 Å². The van der Waals surface area contributed by atoms with Crippen molar-refractivity contribution in [3.63, 3.8) is 0 Å². The summed E-state index contributed by atoms with van der Waals surface area (Å²) in [7, 11) is 0. The SMILES string of the molecule is c1ccc2c(-c3cc(-c4c5ccccc5cc5ccccc45)nc(-c4ccc5cnccc5c4)n3)c3ccccc3cc2c1.c1ccc2cc3cc(-c4cc(-c5ccc6cc7ccccc7cc6c5)nc(-c5ccc(-c6cccc7ncncc67)cc5)n4)ccc3cc2c1.c1cnc2ccc(-c3nc(-c4c5ccccc5cc5ccccc45)cc(-c4c5ccccc5cc5ccccc45)n3)cc2c1. The maximum absolute atomic E-state index is 5.34. The lowest BCUT2D eigenvalue weighted by Crippen LogP contribution is -1.98. The predicted molar refractivity (Wildman–Crippen MR) is 574 cm³/mol. The lowest BCUT2D eigenvalue weighted by molar-refractivity contribution is 1.18. The summed E-state index contributed by atoms with van der Waals surface area (Å²) in [6.07, 6.45) is 9.02. The maximum Gasteiger partial charge on any atom is 0.160 e. The van der Waals surface area contributed by atoms with E-state index in [0.717, 1.165) is 128 Å². The second kappa shape index (κ2) is 33.9. The van der Waals surface area contributed by atoms with Crippen LogP contribution in [0.3, 0.4) is 0 Å². The molecule has 0 N–H and O–H groups in total. The fraction of sp³-hybridized carbons (Fsp3) is 0. The Kier molecular flexibility index (Phi) is 19.7. The van der Waals surface area contributed by atoms with Crippen LogP contribution in [0.5, 0.6) is 0 Å². The van der Waals surface area contributed by atoms with Crippen LogP contribution in [-0.2, 0) is 0 Å². The Labute approximate surface area is 793 Å². The van der Waals surface area contributed by atoms with Gasteiger partial charge in [0, 0.05) is 91.0 Å². The second-order valence-corrected chi connectivity index (χ2v) is 35.4. The van der Waals surface area contributed by atoms with E-state index in [4.69, 9.17) is 29.9 Å². The van der Waals surface area contributed by atoms with Crippen molar-refractivity contribution in [1.29, 1.82) is 0 Å². The third kappa shape index (κ3) is 14.7. The summed E-state index contributed by atoms with van der Waals surface area (Å²) in [5.74, 6) is 2.07. The van der Waals surface area contributed by atoms with Gasteiger partial charge in [-0.2, -0.15) is 0 Å². The number of pyridine rings is 2. The fourth-order valence-electron chi connectivity index (χ4n) is 20.4. The van der Waals surface area contributed by atoms with Crippen molar-refractivity contribution < 1.29 is 0 Å². The molecule has 138 heavy (non-hydrogen) atoms. The summed E-state index contributed by atoms with van der Waals surface area (Å²) >= 11 is 0. The smallest absolute Gasteiger partial charge is 0.160 e. The lowest BCUT2D eigenvalue weighted by atomic mass is 9.92. The third-order valence-electron chi connectivity index (χ3n) is 27.1. The highest BCUT2D eigenvalue weighted by Gasteiger charge is 2.24. The number of benzene rings is 22. The first-order chi connectivity index (χ1) is 68.3. The minimum Gasteiger partial charge on any atom is -0.264 e. The molecular weight excluding hydrogens is 1680 g/mol. The van der Waals surface area contributed by atoms with Crippen molar-refractivity contribution in [2.24, 2.45) is 0 Å². The molecule has 0 fully saturated rings. The van der Waals surface area contributed by atoms with Gasteiger partial charge in [-0.15, -0.1) is 0 Å². The van der Waals surface area contributed by atoms with E-state index in [1.807, 2.05) is 49.1 Å². The van der Waals surface area contributed by atoms with Crippen LogP contribution in [0.15, 0.2) is 474 Å². The number of hydrogen-bond acceptors (Lipinski definition) is 10. The molecule has 0 saturated carbocycles. The van der Waals surface area contributed by atoms with E-state index >= 15 is 0 Å². The van der Waals surface area contributed by atoms with Crippen molar-refractivity contribution in [2.45, 2.75) is 0 Å². The molecule has 6 aromatic heterocycles. The van der Waals surface area contributed by atoms with Crippen LogP contribution in [0.2, 0.25) is 0 Å². The third-order valence-corrected chi connectivity index (χ3v) is 27.1. The highest BCUT2D eigenvalue weighted by Crippen LogP contribution is 2.46. The number of nitrogens with zero attached hydrogens (tertiary/aromatic N) is 10. The van der Waals surface area contributed by atoms with Crippen LogP contribution >= 0.6 is 0 Å². The summed E-state index contributed by atoms with van der Waals surface area (Å²) in [5.41, 5.74) is 18.9. The molecule has 10 heteroatoms. The van der Waals surface area contributed by atoms with Crippen LogP contribution in [0, 0.1) is 0 Å². The maximum atomic E-state index is 5.34. The number of aromatic nitrogens is 10. The zero-order valence-electron chi connectivity index (χ0n) is 74.5. The molecule has 0 aliphatic heterocycles. The van der Waals surface area contributed by atoms with Crippen molar-refractivity contribution in [3.05, 3.63) is 474 Å². The quantitative estimate of drug-likeness (QED) is 0.122. The molecule has 0 radical (unpaired) electrons. The van der Waals surface area contributed by atoms with Crippen LogP contribution < -0.4 is 0 Å². The molecule has 10 nitrogen and oxygen atoms in total. The summed E-state index contributed by atoms with van der Waals surface area (Å²) < 4.78 is 0. The molecule has 0 saturated heterocycles. The Hall–Kier alpha value is -18.6. The van der Waals surface area contributed by atoms with Crippen molar-refractivity contribution in [1.82, 2.24) is 49.8 Å². The van der Waals surface area contributed by atoms with Crippen LogP contribution in [0.4, 0.5) is 0 Å². The van der Waals surface area contributed by atoms with Gasteiger partial charge in [0.05, 0.1) is 45.2 Å². The van der Waals surface area contributed by atoms with Crippen LogP contribution in [0.25, 0.3) is 275 Å². The topological polar surface area (TPSA) is 129 Å². The molecule has 28 aromatic rings. The van der Waals surface area contributed by atoms with E-state index in [1.54, 1.807) is 6.33 Å². The molecule has 640 valence electrons. The standard InChI is InChI=1S/C46H28N4.2C41H25N3/c1-3-8-33-22-39-24-37(18-16-35(39)20-31(33)6-1)44-26-45(38-19-17-36-21-32-7-2-4-9-34(32)23-40(36)25-38)50-46(49-44)30-14-12-29(13-15-30)41-10-5-11-43-42(41)27-47-28-48-43;1-5-15-32-26(10-1)22-27-11-2-6-16-33(27)39(32)37-25-38(44-41(43-37)31-19-20-36-30(24-31)14-9-21-42-36)40-34-17-7-3-12-28(34)23-29-13-4-8-18-35(29)40;1-5-13-33-27(9-1)22-28-10-2-6-14-34(28)39(33)37-24-38(44-41(43-37)31-17-18-32-25-42-20-19-26(32)21-31)40-35-15-7-3-11-29(35)23-30-12-4-8-16-36(30)40/h1-28H;2*1-25H. The lowest BCUT2D eigenvalue weighted by Gasteiger charge is -2.16. The Morgan fingerprint density at radius 1 is 0.145 bits per heavy atom. The zero-order chi connectivity index (χ0) is 91.1. The van der Waals surface area contributed by atoms with Crippen molar-refractivity contribution in [3.8, 4) is 113 Å². The molecule has 28 rings (SSSR count). The van der Waals surface area contributed by atoms with Gasteiger partial charge in [0.2, 0.25) is 0 Å². The summed E-state index contributed by atoms with van der Waals surface area (Å²) in [6, 6.07) is 157. The van der Waals surface area contributed by atoms with Crippen molar-refractivity contribution >= 4 is 162 Å². The first-order valence-electron chi connectivity index (χ1n) is 46.5. The van der Waals surface area contributed by atoms with E-state index in [2.05, 4.69) is 439 Å². The average molecular weight is 1760 g/mol. The van der Waals surface area contributed by atoms with Crippen LogP contribution in [0.1, 0.15) is 0 Å². The van der Waals surface area contributed by atoms with E-state index in [-0.39, 0.29) is 0 Å². The normalized spacial score (nSPS) is 11.6. The molecule has 0 atom stereocenters. The van der Waals surface area contributed by atoms with Crippen molar-refractivity contribution in [2.75, 3.05) is 0 Å². The molecular formula is C128H78N10. The zero-order valence-corrected chi connectivity index (χ0v) is 74.5. The first-order valence-corrected chi connectivity index (χ1v) is 46.5.